The topological polar surface area (TPSA) is 49.4 Å². The van der Waals surface area contributed by atoms with E-state index in [1.807, 2.05) is 30.3 Å². The van der Waals surface area contributed by atoms with E-state index in [1.165, 1.54) is 24.6 Å². The van der Waals surface area contributed by atoms with Crippen LogP contribution in [-0.2, 0) is 4.79 Å². The van der Waals surface area contributed by atoms with Crippen LogP contribution in [0.2, 0.25) is 0 Å². The molecule has 4 nitrogen and oxygen atoms in total. The molecule has 0 bridgehead atoms. The lowest BCUT2D eigenvalue weighted by Gasteiger charge is -2.28. The number of carbonyl (C=O) groups is 2. The molecule has 2 rings (SSSR count). The fourth-order valence-electron chi connectivity index (χ4n) is 2.76. The zero-order valence-electron chi connectivity index (χ0n) is 13.8. The quantitative estimate of drug-likeness (QED) is 0.742. The second kappa shape index (κ2) is 9.73. The fraction of sp³-hybridized carbons (Fsp3) is 0.556. The van der Waals surface area contributed by atoms with E-state index in [0.29, 0.717) is 17.1 Å². The number of likely N-dealkylation sites (tertiary alicyclic amines) is 1. The Labute approximate surface area is 143 Å². The molecular formula is C18H26N2O2S. The maximum atomic E-state index is 11.9. The smallest absolute Gasteiger partial charge is 0.230 e. The van der Waals surface area contributed by atoms with E-state index in [2.05, 4.69) is 17.3 Å². The molecule has 1 aromatic carbocycles. The second-order valence-corrected chi connectivity index (χ2v) is 7.15. The van der Waals surface area contributed by atoms with Crippen LogP contribution < -0.4 is 5.32 Å². The highest BCUT2D eigenvalue weighted by atomic mass is 32.2. The van der Waals surface area contributed by atoms with Crippen molar-refractivity contribution in [1.29, 1.82) is 0 Å². The number of carbonyl (C=O) groups excluding carboxylic acids is 2. The zero-order chi connectivity index (χ0) is 16.5. The highest BCUT2D eigenvalue weighted by Crippen LogP contribution is 2.18. The summed E-state index contributed by atoms with van der Waals surface area (Å²) in [7, 11) is 2.16. The summed E-state index contributed by atoms with van der Waals surface area (Å²) in [6, 6.07) is 9.22. The molecule has 1 fully saturated rings. The Kier molecular flexibility index (Phi) is 7.62. The predicted octanol–water partition coefficient (Wildman–Crippen LogP) is 2.45. The number of nitrogens with zero attached hydrogens (tertiary/aromatic N) is 1. The maximum absolute atomic E-state index is 11.9. The minimum atomic E-state index is 0.0313. The molecule has 0 atom stereocenters. The fourth-order valence-corrected chi connectivity index (χ4v) is 3.50. The first-order valence-corrected chi connectivity index (χ1v) is 9.42. The summed E-state index contributed by atoms with van der Waals surface area (Å²) in [5.74, 6) is 1.55. The van der Waals surface area contributed by atoms with Crippen molar-refractivity contribution < 1.29 is 9.59 Å². The molecule has 5 heteroatoms. The van der Waals surface area contributed by atoms with Gasteiger partial charge in [-0.3, -0.25) is 9.59 Å². The third kappa shape index (κ3) is 6.75. The molecule has 0 saturated carbocycles. The van der Waals surface area contributed by atoms with Gasteiger partial charge in [-0.2, -0.15) is 0 Å². The van der Waals surface area contributed by atoms with Crippen LogP contribution in [0.25, 0.3) is 0 Å². The molecule has 1 amide bonds. The van der Waals surface area contributed by atoms with Gasteiger partial charge in [0.1, 0.15) is 0 Å². The third-order valence-electron chi connectivity index (χ3n) is 4.27. The molecule has 1 aliphatic rings. The van der Waals surface area contributed by atoms with Crippen LogP contribution in [-0.4, -0.2) is 54.8 Å². The van der Waals surface area contributed by atoms with Gasteiger partial charge in [0.2, 0.25) is 5.91 Å². The number of Topliss-reactive ketones (excluding diaryl/α,β-unsaturated/α-hetero) is 1. The van der Waals surface area contributed by atoms with Crippen LogP contribution in [0, 0.1) is 5.92 Å². The Hall–Kier alpha value is -1.33. The molecule has 23 heavy (non-hydrogen) atoms. The average Bonchev–Trinajstić information content (AvgIpc) is 2.57. The van der Waals surface area contributed by atoms with Gasteiger partial charge in [0.05, 0.1) is 11.5 Å². The Morgan fingerprint density at radius 2 is 1.87 bits per heavy atom. The summed E-state index contributed by atoms with van der Waals surface area (Å²) >= 11 is 1.38. The largest absolute Gasteiger partial charge is 0.355 e. The van der Waals surface area contributed by atoms with Crippen molar-refractivity contribution in [2.45, 2.75) is 19.3 Å². The van der Waals surface area contributed by atoms with E-state index in [9.17, 15) is 9.59 Å². The molecule has 0 radical (unpaired) electrons. The molecule has 1 N–H and O–H groups in total. The number of rotatable bonds is 8. The molecule has 0 aliphatic carbocycles. The number of ketones is 1. The van der Waals surface area contributed by atoms with E-state index >= 15 is 0 Å². The minimum Gasteiger partial charge on any atom is -0.355 e. The van der Waals surface area contributed by atoms with Crippen LogP contribution in [0.15, 0.2) is 30.3 Å². The van der Waals surface area contributed by atoms with Gasteiger partial charge in [0.15, 0.2) is 5.78 Å². The van der Waals surface area contributed by atoms with Gasteiger partial charge in [-0.25, -0.2) is 0 Å². The Morgan fingerprint density at radius 3 is 2.57 bits per heavy atom. The van der Waals surface area contributed by atoms with Gasteiger partial charge < -0.3 is 10.2 Å². The van der Waals surface area contributed by atoms with Gasteiger partial charge in [-0.1, -0.05) is 30.3 Å². The van der Waals surface area contributed by atoms with Crippen molar-refractivity contribution in [2.24, 2.45) is 5.92 Å². The molecule has 0 aromatic heterocycles. The Bertz CT molecular complexity index is 499. The molecule has 1 aromatic rings. The van der Waals surface area contributed by atoms with Crippen LogP contribution in [0.4, 0.5) is 0 Å². The Balaban J connectivity index is 1.54. The number of nitrogens with one attached hydrogen (secondary N) is 1. The molecule has 1 saturated heterocycles. The van der Waals surface area contributed by atoms with E-state index in [-0.39, 0.29) is 11.7 Å². The minimum absolute atomic E-state index is 0.0313. The molecular weight excluding hydrogens is 308 g/mol. The van der Waals surface area contributed by atoms with Gasteiger partial charge in [-0.15, -0.1) is 11.8 Å². The lowest BCUT2D eigenvalue weighted by Crippen LogP contribution is -2.33. The van der Waals surface area contributed by atoms with Crippen molar-refractivity contribution in [1.82, 2.24) is 10.2 Å². The summed E-state index contributed by atoms with van der Waals surface area (Å²) in [6.07, 6.45) is 3.52. The number of hydrogen-bond donors (Lipinski definition) is 1. The molecule has 0 spiro atoms. The maximum Gasteiger partial charge on any atom is 0.230 e. The number of benzene rings is 1. The van der Waals surface area contributed by atoms with Crippen molar-refractivity contribution >= 4 is 23.5 Å². The van der Waals surface area contributed by atoms with E-state index in [0.717, 1.165) is 32.0 Å². The molecule has 0 unspecified atom stereocenters. The standard InChI is InChI=1S/C18H26N2O2S/c1-20-11-8-15(9-12-20)7-10-19-18(22)14-23-13-17(21)16-5-3-2-4-6-16/h2-6,15H,7-14H2,1H3,(H,19,22). The third-order valence-corrected chi connectivity index (χ3v) is 5.21. The first kappa shape index (κ1) is 18.0. The summed E-state index contributed by atoms with van der Waals surface area (Å²) in [4.78, 5) is 26.1. The lowest BCUT2D eigenvalue weighted by molar-refractivity contribution is -0.118. The van der Waals surface area contributed by atoms with Crippen LogP contribution in [0.3, 0.4) is 0 Å². The summed E-state index contributed by atoms with van der Waals surface area (Å²) in [5.41, 5.74) is 0.711. The van der Waals surface area contributed by atoms with Crippen LogP contribution in [0.5, 0.6) is 0 Å². The van der Waals surface area contributed by atoms with Gasteiger partial charge >= 0.3 is 0 Å². The van der Waals surface area contributed by atoms with Crippen molar-refractivity contribution in [2.75, 3.05) is 38.2 Å². The summed E-state index contributed by atoms with van der Waals surface area (Å²) in [6.45, 7) is 3.08. The first-order valence-electron chi connectivity index (χ1n) is 8.26. The predicted molar refractivity (Wildman–Crippen MR) is 95.9 cm³/mol. The number of amides is 1. The number of thioether (sulfide) groups is 1. The summed E-state index contributed by atoms with van der Waals surface area (Å²) in [5, 5.41) is 2.97. The number of piperidine rings is 1. The van der Waals surface area contributed by atoms with Crippen molar-refractivity contribution in [3.8, 4) is 0 Å². The second-order valence-electron chi connectivity index (χ2n) is 6.17. The summed E-state index contributed by atoms with van der Waals surface area (Å²) < 4.78 is 0. The first-order chi connectivity index (χ1) is 11.1. The van der Waals surface area contributed by atoms with Gasteiger partial charge in [0, 0.05) is 12.1 Å². The SMILES string of the molecule is CN1CCC(CCNC(=O)CSCC(=O)c2ccccc2)CC1. The van der Waals surface area contributed by atoms with Crippen molar-refractivity contribution in [3.63, 3.8) is 0 Å². The highest BCUT2D eigenvalue weighted by molar-refractivity contribution is 8.00. The zero-order valence-corrected chi connectivity index (χ0v) is 14.6. The molecule has 1 aliphatic heterocycles. The number of hydrogen-bond acceptors (Lipinski definition) is 4. The Morgan fingerprint density at radius 1 is 1.17 bits per heavy atom. The molecule has 126 valence electrons. The average molecular weight is 334 g/mol. The van der Waals surface area contributed by atoms with E-state index in [4.69, 9.17) is 0 Å². The highest BCUT2D eigenvalue weighted by Gasteiger charge is 2.16. The van der Waals surface area contributed by atoms with Crippen LogP contribution in [0.1, 0.15) is 29.6 Å². The monoisotopic (exact) mass is 334 g/mol. The van der Waals surface area contributed by atoms with E-state index < -0.39 is 0 Å². The normalized spacial score (nSPS) is 16.2. The van der Waals surface area contributed by atoms with Gasteiger partial charge in [0.25, 0.3) is 0 Å². The molecule has 1 heterocycles. The van der Waals surface area contributed by atoms with Crippen LogP contribution >= 0.6 is 11.8 Å². The van der Waals surface area contributed by atoms with Gasteiger partial charge in [-0.05, 0) is 45.3 Å². The lowest BCUT2D eigenvalue weighted by atomic mass is 9.94. The van der Waals surface area contributed by atoms with Crippen molar-refractivity contribution in [3.05, 3.63) is 35.9 Å². The van der Waals surface area contributed by atoms with E-state index in [1.54, 1.807) is 0 Å².